The van der Waals surface area contributed by atoms with Crippen molar-refractivity contribution in [3.63, 3.8) is 0 Å². The van der Waals surface area contributed by atoms with Crippen molar-refractivity contribution in [1.29, 1.82) is 0 Å². The number of benzene rings is 2. The Labute approximate surface area is 289 Å². The van der Waals surface area contributed by atoms with E-state index in [1.54, 1.807) is 42.5 Å². The molecule has 0 saturated carbocycles. The number of esters is 1. The smallest absolute Gasteiger partial charge is 0.543 e. The number of β-lactam (4-membered cyclic amide) rings is 1. The summed E-state index contributed by atoms with van der Waals surface area (Å²) < 4.78 is 10.1. The molecule has 0 bridgehead atoms. The van der Waals surface area contributed by atoms with E-state index in [-0.39, 0.29) is 64.5 Å². The van der Waals surface area contributed by atoms with E-state index in [1.807, 2.05) is 0 Å². The molecular weight excluding hydrogens is 625 g/mol. The molecule has 5 rings (SSSR count). The Kier molecular flexibility index (Phi) is 11.4. The number of aliphatic carboxylic acids is 1. The van der Waals surface area contributed by atoms with Gasteiger partial charge in [-0.15, -0.1) is 11.8 Å². The first-order valence-electron chi connectivity index (χ1n) is 13.7. The Bertz CT molecular complexity index is 1710. The Morgan fingerprint density at radius 1 is 1.04 bits per heavy atom. The molecular formula is C32H26N3NaO9S. The number of allylic oxidation sites excluding steroid dienone is 1. The molecule has 230 valence electrons. The Hall–Kier alpha value is -4.43. The maximum atomic E-state index is 13.5. The van der Waals surface area contributed by atoms with Crippen molar-refractivity contribution < 1.29 is 72.6 Å². The molecule has 0 radical (unpaired) electrons. The fourth-order valence-electron chi connectivity index (χ4n) is 4.79. The molecule has 12 nitrogen and oxygen atoms in total. The minimum Gasteiger partial charge on any atom is -0.543 e. The number of ketones is 1. The van der Waals surface area contributed by atoms with Gasteiger partial charge in [0.15, 0.2) is 5.78 Å². The molecule has 1 aromatic heterocycles. The van der Waals surface area contributed by atoms with Gasteiger partial charge in [0.25, 0.3) is 11.8 Å². The largest absolute Gasteiger partial charge is 1.00 e. The van der Waals surface area contributed by atoms with Gasteiger partial charge in [-0.3, -0.25) is 28.9 Å². The van der Waals surface area contributed by atoms with Gasteiger partial charge in [-0.1, -0.05) is 42.5 Å². The molecule has 1 unspecified atom stereocenters. The van der Waals surface area contributed by atoms with Gasteiger partial charge in [0.05, 0.1) is 17.9 Å². The zero-order valence-electron chi connectivity index (χ0n) is 24.8. The number of nitrogens with zero attached hydrogens (tertiary/aromatic N) is 1. The van der Waals surface area contributed by atoms with Crippen LogP contribution in [0.3, 0.4) is 0 Å². The number of fused-ring (bicyclic) bond motifs is 1. The molecule has 3 heterocycles. The first-order valence-corrected chi connectivity index (χ1v) is 14.7. The number of hydrogen-bond acceptors (Lipinski definition) is 10. The van der Waals surface area contributed by atoms with Crippen LogP contribution in [-0.4, -0.2) is 64.1 Å². The van der Waals surface area contributed by atoms with Gasteiger partial charge in [0, 0.05) is 29.4 Å². The number of carboxylic acid groups (broad SMARTS) is 1. The van der Waals surface area contributed by atoms with Crippen LogP contribution >= 0.6 is 11.8 Å². The molecule has 14 heteroatoms. The van der Waals surface area contributed by atoms with Crippen molar-refractivity contribution >= 4 is 53.3 Å². The molecule has 3 atom stereocenters. The Balaban J connectivity index is 0.00000480. The maximum Gasteiger partial charge on any atom is 1.00 e. The second kappa shape index (κ2) is 15.2. The van der Waals surface area contributed by atoms with Gasteiger partial charge in [0.1, 0.15) is 29.8 Å². The van der Waals surface area contributed by atoms with Gasteiger partial charge >= 0.3 is 35.5 Å². The van der Waals surface area contributed by atoms with E-state index in [9.17, 15) is 33.9 Å². The number of thioether (sulfide) groups is 1. The first kappa shape index (κ1) is 34.4. The third-order valence-corrected chi connectivity index (χ3v) is 8.37. The predicted octanol–water partition coefficient (Wildman–Crippen LogP) is -1.38. The van der Waals surface area contributed by atoms with Gasteiger partial charge in [-0.05, 0) is 42.0 Å². The predicted molar refractivity (Wildman–Crippen MR) is 159 cm³/mol. The summed E-state index contributed by atoms with van der Waals surface area (Å²) in [6.45, 7) is 0.872. The van der Waals surface area contributed by atoms with Crippen LogP contribution in [0.15, 0.2) is 94.8 Å². The van der Waals surface area contributed by atoms with Gasteiger partial charge in [-0.2, -0.15) is 0 Å². The summed E-state index contributed by atoms with van der Waals surface area (Å²) in [6.07, 6.45) is 4.37. The maximum absolute atomic E-state index is 13.5. The molecule has 3 aromatic rings. The second-order valence-corrected chi connectivity index (χ2v) is 11.1. The Morgan fingerprint density at radius 2 is 1.74 bits per heavy atom. The van der Waals surface area contributed by atoms with E-state index < -0.39 is 47.1 Å². The minimum atomic E-state index is -1.60. The Morgan fingerprint density at radius 3 is 2.37 bits per heavy atom. The summed E-state index contributed by atoms with van der Waals surface area (Å²) >= 11 is 1.20. The van der Waals surface area contributed by atoms with E-state index in [4.69, 9.17) is 9.15 Å². The normalized spacial score (nSPS) is 17.7. The van der Waals surface area contributed by atoms with Crippen LogP contribution in [0.1, 0.15) is 45.0 Å². The third-order valence-electron chi connectivity index (χ3n) is 7.03. The van der Waals surface area contributed by atoms with Crippen LogP contribution in [0, 0.1) is 0 Å². The molecule has 1 fully saturated rings. The van der Waals surface area contributed by atoms with Crippen molar-refractivity contribution in [1.82, 2.24) is 15.5 Å². The third kappa shape index (κ3) is 7.68. The summed E-state index contributed by atoms with van der Waals surface area (Å²) in [4.78, 5) is 76.5. The quantitative estimate of drug-likeness (QED) is 0.0827. The van der Waals surface area contributed by atoms with Gasteiger partial charge in [-0.25, -0.2) is 0 Å². The average molecular weight is 652 g/mol. The molecule has 2 aliphatic heterocycles. The molecule has 46 heavy (non-hydrogen) atoms. The topological polar surface area (TPSA) is 175 Å². The number of ether oxygens (including phenoxy) is 1. The molecule has 0 spiro atoms. The number of nitrogens with one attached hydrogen (secondary N) is 2. The van der Waals surface area contributed by atoms with Crippen molar-refractivity contribution in [3.8, 4) is 0 Å². The standard InChI is InChI=1S/C32H27N3O9S.Na/c1-18(36)44-16-22-17-45-31-26(30(40)35(31)27(22)32(41)42)34-29(39)25(20-6-3-2-4-7-20)33-28(38)21-11-9-19(10-12-21)24(37)14-13-23-8-5-15-43-23;/h2-15,25-26,31H,16-17H2,1H3,(H,33,38)(H,34,39)(H,41,42);/q;+1/p-1/t25?,26-,31-;/m1./s1. The van der Waals surface area contributed by atoms with Crippen LogP contribution in [-0.2, 0) is 23.9 Å². The number of furan rings is 1. The molecule has 0 aliphatic carbocycles. The average Bonchev–Trinajstić information content (AvgIpc) is 3.57. The van der Waals surface area contributed by atoms with Crippen LogP contribution in [0.25, 0.3) is 6.08 Å². The fourth-order valence-corrected chi connectivity index (χ4v) is 6.12. The summed E-state index contributed by atoms with van der Waals surface area (Å²) in [7, 11) is 0. The van der Waals surface area contributed by atoms with E-state index in [2.05, 4.69) is 10.6 Å². The van der Waals surface area contributed by atoms with Gasteiger partial charge < -0.3 is 29.7 Å². The van der Waals surface area contributed by atoms with E-state index in [1.165, 1.54) is 61.4 Å². The van der Waals surface area contributed by atoms with Crippen LogP contribution in [0.5, 0.6) is 0 Å². The first-order chi connectivity index (χ1) is 21.6. The number of carbonyl (C=O) groups excluding carboxylic acids is 6. The van der Waals surface area contributed by atoms with Crippen LogP contribution < -0.4 is 45.3 Å². The fraction of sp³-hybridized carbons (Fsp3) is 0.188. The zero-order chi connectivity index (χ0) is 32.1. The number of amides is 3. The van der Waals surface area contributed by atoms with Crippen LogP contribution in [0.2, 0.25) is 0 Å². The second-order valence-electron chi connectivity index (χ2n) is 10.0. The molecule has 2 N–H and O–H groups in total. The number of carbonyl (C=O) groups is 6. The van der Waals surface area contributed by atoms with E-state index in [0.29, 0.717) is 16.9 Å². The number of carboxylic acids is 1. The summed E-state index contributed by atoms with van der Waals surface area (Å²) in [6, 6.07) is 15.4. The SMILES string of the molecule is CC(=O)OCC1=C(C(=O)[O-])N2C(=O)[C@@H](NC(=O)C(NC(=O)c3ccc(C(=O)C=Cc4ccco4)cc3)c3ccccc3)[C@H]2SC1.[Na+]. The van der Waals surface area contributed by atoms with Crippen molar-refractivity contribution in [2.24, 2.45) is 0 Å². The van der Waals surface area contributed by atoms with Crippen LogP contribution in [0.4, 0.5) is 0 Å². The van der Waals surface area contributed by atoms with Crippen molar-refractivity contribution in [2.45, 2.75) is 24.4 Å². The zero-order valence-corrected chi connectivity index (χ0v) is 27.6. The monoisotopic (exact) mass is 651 g/mol. The van der Waals surface area contributed by atoms with E-state index in [0.717, 1.165) is 4.90 Å². The van der Waals surface area contributed by atoms with Crippen molar-refractivity contribution in [3.05, 3.63) is 113 Å². The summed E-state index contributed by atoms with van der Waals surface area (Å²) in [5, 5.41) is 16.5. The number of hydrogen-bond donors (Lipinski definition) is 2. The molecule has 1 saturated heterocycles. The number of rotatable bonds is 11. The molecule has 3 amide bonds. The minimum absolute atomic E-state index is 0. The van der Waals surface area contributed by atoms with E-state index >= 15 is 0 Å². The molecule has 2 aromatic carbocycles. The van der Waals surface area contributed by atoms with Crippen molar-refractivity contribution in [2.75, 3.05) is 12.4 Å². The summed E-state index contributed by atoms with van der Waals surface area (Å²) in [5.41, 5.74) is 0.790. The van der Waals surface area contributed by atoms with Gasteiger partial charge in [0.2, 0.25) is 5.91 Å². The summed E-state index contributed by atoms with van der Waals surface area (Å²) in [5.74, 6) is -3.83. The molecule has 2 aliphatic rings.